The highest BCUT2D eigenvalue weighted by molar-refractivity contribution is 5.95. The lowest BCUT2D eigenvalue weighted by Crippen LogP contribution is -2.34. The van der Waals surface area contributed by atoms with Gasteiger partial charge in [-0.3, -0.25) is 4.79 Å². The van der Waals surface area contributed by atoms with Crippen molar-refractivity contribution in [1.29, 1.82) is 0 Å². The summed E-state index contributed by atoms with van der Waals surface area (Å²) in [6.07, 6.45) is 2.68. The van der Waals surface area contributed by atoms with Crippen LogP contribution in [0, 0.1) is 5.92 Å². The number of nitrogens with two attached hydrogens (primary N) is 1. The van der Waals surface area contributed by atoms with Crippen molar-refractivity contribution in [3.63, 3.8) is 0 Å². The van der Waals surface area contributed by atoms with Gasteiger partial charge in [0.25, 0.3) is 5.91 Å². The van der Waals surface area contributed by atoms with Gasteiger partial charge in [0.1, 0.15) is 5.82 Å². The molecule has 0 bridgehead atoms. The van der Waals surface area contributed by atoms with Gasteiger partial charge in [-0.05, 0) is 37.9 Å². The average Bonchev–Trinajstić information content (AvgIpc) is 2.79. The zero-order valence-electron chi connectivity index (χ0n) is 12.7. The van der Waals surface area contributed by atoms with Crippen molar-refractivity contribution >= 4 is 36.5 Å². The number of aromatic nitrogens is 1. The summed E-state index contributed by atoms with van der Waals surface area (Å²) in [5, 5.41) is 0. The Labute approximate surface area is 138 Å². The molecule has 120 valence electrons. The molecule has 0 aromatic carbocycles. The van der Waals surface area contributed by atoms with Crippen molar-refractivity contribution in [2.24, 2.45) is 11.7 Å². The summed E-state index contributed by atoms with van der Waals surface area (Å²) in [7, 11) is 3.83. The Kier molecular flexibility index (Phi) is 8.00. The van der Waals surface area contributed by atoms with Gasteiger partial charge in [0.05, 0.1) is 0 Å². The van der Waals surface area contributed by atoms with Crippen molar-refractivity contribution in [2.75, 3.05) is 32.1 Å². The molecule has 1 fully saturated rings. The van der Waals surface area contributed by atoms with Crippen molar-refractivity contribution in [2.45, 2.75) is 19.4 Å². The summed E-state index contributed by atoms with van der Waals surface area (Å²) in [5.74, 6) is 1.30. The quantitative estimate of drug-likeness (QED) is 0.915. The first-order valence-corrected chi connectivity index (χ1v) is 6.67. The van der Waals surface area contributed by atoms with Crippen molar-refractivity contribution in [3.8, 4) is 0 Å². The topological polar surface area (TPSA) is 62.5 Å². The molecule has 2 N–H and O–H groups in total. The second kappa shape index (κ2) is 8.41. The van der Waals surface area contributed by atoms with E-state index in [9.17, 15) is 4.79 Å². The van der Waals surface area contributed by atoms with Gasteiger partial charge in [0.15, 0.2) is 0 Å². The van der Waals surface area contributed by atoms with E-state index < -0.39 is 0 Å². The Balaban J connectivity index is 0.00000200. The number of halogens is 2. The number of carbonyl (C=O) groups excluding carboxylic acids is 1. The Hall–Kier alpha value is -1.04. The molecular weight excluding hydrogens is 311 g/mol. The van der Waals surface area contributed by atoms with E-state index in [-0.39, 0.29) is 36.8 Å². The normalized spacial score (nSPS) is 20.5. The third-order valence-electron chi connectivity index (χ3n) is 3.71. The minimum atomic E-state index is 0. The molecule has 0 radical (unpaired) electrons. The SMILES string of the molecule is CC1CC(CN)CN1C(=O)c1ccnc(N(C)C)c1.Cl.Cl. The van der Waals surface area contributed by atoms with Crippen LogP contribution in [0.3, 0.4) is 0 Å². The van der Waals surface area contributed by atoms with Crippen LogP contribution in [-0.2, 0) is 0 Å². The summed E-state index contributed by atoms with van der Waals surface area (Å²) in [5.41, 5.74) is 6.40. The van der Waals surface area contributed by atoms with E-state index in [0.717, 1.165) is 18.8 Å². The first kappa shape index (κ1) is 20.0. The fourth-order valence-electron chi connectivity index (χ4n) is 2.56. The number of nitrogens with zero attached hydrogens (tertiary/aromatic N) is 3. The Morgan fingerprint density at radius 2 is 2.14 bits per heavy atom. The predicted molar refractivity (Wildman–Crippen MR) is 90.7 cm³/mol. The minimum absolute atomic E-state index is 0. The molecular formula is C14H24Cl2N4O. The molecule has 2 rings (SSSR count). The second-order valence-electron chi connectivity index (χ2n) is 5.44. The summed E-state index contributed by atoms with van der Waals surface area (Å²) >= 11 is 0. The summed E-state index contributed by atoms with van der Waals surface area (Å²) in [6.45, 7) is 3.49. The highest BCUT2D eigenvalue weighted by Gasteiger charge is 2.32. The number of likely N-dealkylation sites (tertiary alicyclic amines) is 1. The molecule has 7 heteroatoms. The number of amides is 1. The monoisotopic (exact) mass is 334 g/mol. The predicted octanol–water partition coefficient (Wildman–Crippen LogP) is 1.80. The highest BCUT2D eigenvalue weighted by atomic mass is 35.5. The Morgan fingerprint density at radius 1 is 1.48 bits per heavy atom. The average molecular weight is 335 g/mol. The first-order chi connectivity index (χ1) is 9.02. The zero-order chi connectivity index (χ0) is 14.0. The van der Waals surface area contributed by atoms with Gasteiger partial charge in [-0.25, -0.2) is 4.98 Å². The van der Waals surface area contributed by atoms with Crippen LogP contribution in [-0.4, -0.2) is 49.0 Å². The fourth-order valence-corrected chi connectivity index (χ4v) is 2.56. The van der Waals surface area contributed by atoms with Crippen molar-refractivity contribution < 1.29 is 4.79 Å². The third kappa shape index (κ3) is 4.46. The van der Waals surface area contributed by atoms with Gasteiger partial charge >= 0.3 is 0 Å². The van der Waals surface area contributed by atoms with Crippen LogP contribution in [0.15, 0.2) is 18.3 Å². The molecule has 0 aliphatic carbocycles. The summed E-state index contributed by atoms with van der Waals surface area (Å²) in [6, 6.07) is 3.87. The van der Waals surface area contributed by atoms with Crippen LogP contribution in [0.25, 0.3) is 0 Å². The van der Waals surface area contributed by atoms with E-state index in [1.807, 2.05) is 30.0 Å². The first-order valence-electron chi connectivity index (χ1n) is 6.67. The molecule has 1 aliphatic heterocycles. The number of hydrogen-bond acceptors (Lipinski definition) is 4. The molecule has 0 saturated carbocycles. The molecule has 1 aromatic rings. The van der Waals surface area contributed by atoms with Gasteiger partial charge in [-0.2, -0.15) is 0 Å². The van der Waals surface area contributed by atoms with Crippen LogP contribution >= 0.6 is 24.8 Å². The maximum Gasteiger partial charge on any atom is 0.254 e. The van der Waals surface area contributed by atoms with Crippen LogP contribution in [0.1, 0.15) is 23.7 Å². The lowest BCUT2D eigenvalue weighted by molar-refractivity contribution is 0.0743. The Morgan fingerprint density at radius 3 is 2.67 bits per heavy atom. The maximum absolute atomic E-state index is 12.5. The summed E-state index contributed by atoms with van der Waals surface area (Å²) < 4.78 is 0. The lowest BCUT2D eigenvalue weighted by Gasteiger charge is -2.22. The van der Waals surface area contributed by atoms with E-state index in [1.165, 1.54) is 0 Å². The fraction of sp³-hybridized carbons (Fsp3) is 0.571. The molecule has 1 aromatic heterocycles. The van der Waals surface area contributed by atoms with Crippen molar-refractivity contribution in [3.05, 3.63) is 23.9 Å². The summed E-state index contributed by atoms with van der Waals surface area (Å²) in [4.78, 5) is 20.6. The number of carbonyl (C=O) groups is 1. The molecule has 2 heterocycles. The number of anilines is 1. The van der Waals surface area contributed by atoms with Crippen LogP contribution in [0.5, 0.6) is 0 Å². The molecule has 1 saturated heterocycles. The van der Waals surface area contributed by atoms with Gasteiger partial charge in [-0.1, -0.05) is 0 Å². The molecule has 0 spiro atoms. The smallest absolute Gasteiger partial charge is 0.254 e. The van der Waals surface area contributed by atoms with Crippen LogP contribution < -0.4 is 10.6 Å². The largest absolute Gasteiger partial charge is 0.363 e. The number of rotatable bonds is 3. The second-order valence-corrected chi connectivity index (χ2v) is 5.44. The zero-order valence-corrected chi connectivity index (χ0v) is 14.3. The van der Waals surface area contributed by atoms with Gasteiger partial charge in [-0.15, -0.1) is 24.8 Å². The molecule has 2 unspecified atom stereocenters. The lowest BCUT2D eigenvalue weighted by atomic mass is 10.1. The van der Waals surface area contributed by atoms with Gasteiger partial charge in [0.2, 0.25) is 0 Å². The third-order valence-corrected chi connectivity index (χ3v) is 3.71. The van der Waals surface area contributed by atoms with E-state index >= 15 is 0 Å². The molecule has 1 aliphatic rings. The molecule has 5 nitrogen and oxygen atoms in total. The number of hydrogen-bond donors (Lipinski definition) is 1. The van der Waals surface area contributed by atoms with E-state index in [4.69, 9.17) is 5.73 Å². The minimum Gasteiger partial charge on any atom is -0.363 e. The van der Waals surface area contributed by atoms with E-state index in [2.05, 4.69) is 11.9 Å². The van der Waals surface area contributed by atoms with Crippen LogP contribution in [0.2, 0.25) is 0 Å². The molecule has 2 atom stereocenters. The Bertz CT molecular complexity index is 470. The molecule has 21 heavy (non-hydrogen) atoms. The number of pyridine rings is 1. The molecule has 1 amide bonds. The van der Waals surface area contributed by atoms with E-state index in [0.29, 0.717) is 18.0 Å². The van der Waals surface area contributed by atoms with Crippen molar-refractivity contribution in [1.82, 2.24) is 9.88 Å². The van der Waals surface area contributed by atoms with E-state index in [1.54, 1.807) is 12.3 Å². The van der Waals surface area contributed by atoms with Gasteiger partial charge in [0, 0.05) is 38.4 Å². The van der Waals surface area contributed by atoms with Gasteiger partial charge < -0.3 is 15.5 Å². The maximum atomic E-state index is 12.5. The highest BCUT2D eigenvalue weighted by Crippen LogP contribution is 2.24. The van der Waals surface area contributed by atoms with Crippen LogP contribution in [0.4, 0.5) is 5.82 Å². The standard InChI is InChI=1S/C14H22N4O.2ClH/c1-10-6-11(8-15)9-18(10)14(19)12-4-5-16-13(7-12)17(2)3;;/h4-5,7,10-11H,6,8-9,15H2,1-3H3;2*1H.